The third-order valence-electron chi connectivity index (χ3n) is 2.93. The molecule has 1 aromatic carbocycles. The molecule has 5 nitrogen and oxygen atoms in total. The summed E-state index contributed by atoms with van der Waals surface area (Å²) in [6, 6.07) is 5.03. The van der Waals surface area contributed by atoms with Crippen LogP contribution in [0.1, 0.15) is 5.56 Å². The monoisotopic (exact) mass is 320 g/mol. The smallest absolute Gasteiger partial charge is 0.239 e. The summed E-state index contributed by atoms with van der Waals surface area (Å²) in [6.07, 6.45) is 0. The van der Waals surface area contributed by atoms with E-state index in [2.05, 4.69) is 10.6 Å². The van der Waals surface area contributed by atoms with E-state index in [1.54, 1.807) is 25.3 Å². The Morgan fingerprint density at radius 2 is 2.40 bits per heavy atom. The molecule has 2 N–H and O–H groups in total. The molecule has 1 aromatic rings. The Labute approximate surface area is 129 Å². The van der Waals surface area contributed by atoms with Gasteiger partial charge < -0.3 is 20.1 Å². The molecule has 0 bridgehead atoms. The van der Waals surface area contributed by atoms with E-state index >= 15 is 0 Å². The van der Waals surface area contributed by atoms with Gasteiger partial charge in [0, 0.05) is 23.7 Å². The molecule has 1 aliphatic rings. The van der Waals surface area contributed by atoms with Gasteiger partial charge in [0.2, 0.25) is 5.91 Å². The molecule has 1 atom stereocenters. The first-order valence-electron chi connectivity index (χ1n) is 6.12. The maximum Gasteiger partial charge on any atom is 0.239 e. The Morgan fingerprint density at radius 3 is 3.05 bits per heavy atom. The number of nitrogens with one attached hydrogen (secondary N) is 2. The second kappa shape index (κ2) is 8.32. The molecule has 1 unspecified atom stereocenters. The van der Waals surface area contributed by atoms with Gasteiger partial charge in [-0.1, -0.05) is 11.6 Å². The number of amides is 1. The fourth-order valence-corrected chi connectivity index (χ4v) is 2.12. The molecule has 112 valence electrons. The minimum Gasteiger partial charge on any atom is -0.496 e. The highest BCUT2D eigenvalue weighted by atomic mass is 35.5. The molecule has 0 spiro atoms. The maximum atomic E-state index is 11.9. The number of morpholine rings is 1. The van der Waals surface area contributed by atoms with E-state index in [9.17, 15) is 4.79 Å². The van der Waals surface area contributed by atoms with Gasteiger partial charge in [-0.05, 0) is 18.2 Å². The van der Waals surface area contributed by atoms with E-state index in [4.69, 9.17) is 21.1 Å². The lowest BCUT2D eigenvalue weighted by atomic mass is 10.2. The number of carbonyl (C=O) groups excluding carboxylic acids is 1. The van der Waals surface area contributed by atoms with E-state index in [0.717, 1.165) is 5.56 Å². The van der Waals surface area contributed by atoms with Gasteiger partial charge in [-0.2, -0.15) is 0 Å². The Bertz CT molecular complexity index is 451. The third-order valence-corrected chi connectivity index (χ3v) is 3.17. The molecule has 1 aliphatic heterocycles. The second-order valence-electron chi connectivity index (χ2n) is 4.26. The molecule has 1 fully saturated rings. The van der Waals surface area contributed by atoms with E-state index in [1.165, 1.54) is 0 Å². The zero-order valence-corrected chi connectivity index (χ0v) is 12.7. The van der Waals surface area contributed by atoms with Crippen LogP contribution in [0.3, 0.4) is 0 Å². The largest absolute Gasteiger partial charge is 0.496 e. The highest BCUT2D eigenvalue weighted by Gasteiger charge is 2.20. The first-order valence-corrected chi connectivity index (χ1v) is 6.50. The zero-order valence-electron chi connectivity index (χ0n) is 11.1. The number of rotatable bonds is 4. The molecule has 0 aliphatic carbocycles. The van der Waals surface area contributed by atoms with Gasteiger partial charge in [0.1, 0.15) is 11.8 Å². The van der Waals surface area contributed by atoms with Crippen LogP contribution in [0.4, 0.5) is 0 Å². The number of ether oxygens (including phenoxy) is 2. The minimum absolute atomic E-state index is 0. The van der Waals surface area contributed by atoms with Crippen molar-refractivity contribution in [1.82, 2.24) is 10.6 Å². The van der Waals surface area contributed by atoms with Gasteiger partial charge in [-0.15, -0.1) is 12.4 Å². The van der Waals surface area contributed by atoms with Crippen LogP contribution in [0.5, 0.6) is 5.75 Å². The van der Waals surface area contributed by atoms with Gasteiger partial charge in [0.15, 0.2) is 0 Å². The van der Waals surface area contributed by atoms with Gasteiger partial charge in [0.25, 0.3) is 0 Å². The average Bonchev–Trinajstić information content (AvgIpc) is 2.46. The number of halogens is 2. The topological polar surface area (TPSA) is 59.6 Å². The van der Waals surface area contributed by atoms with Crippen LogP contribution >= 0.6 is 24.0 Å². The quantitative estimate of drug-likeness (QED) is 0.879. The zero-order chi connectivity index (χ0) is 13.7. The van der Waals surface area contributed by atoms with E-state index < -0.39 is 0 Å². The highest BCUT2D eigenvalue weighted by Crippen LogP contribution is 2.22. The lowest BCUT2D eigenvalue weighted by molar-refractivity contribution is -0.126. The van der Waals surface area contributed by atoms with E-state index in [0.29, 0.717) is 37.1 Å². The van der Waals surface area contributed by atoms with Crippen LogP contribution < -0.4 is 15.4 Å². The summed E-state index contributed by atoms with van der Waals surface area (Å²) >= 11 is 5.94. The Kier molecular flexibility index (Phi) is 7.09. The molecule has 2 rings (SSSR count). The first-order chi connectivity index (χ1) is 9.20. The van der Waals surface area contributed by atoms with Crippen molar-refractivity contribution < 1.29 is 14.3 Å². The molecule has 1 saturated heterocycles. The van der Waals surface area contributed by atoms with Gasteiger partial charge in [0.05, 0.1) is 20.3 Å². The van der Waals surface area contributed by atoms with Crippen LogP contribution in [0.2, 0.25) is 5.02 Å². The van der Waals surface area contributed by atoms with Crippen LogP contribution in [-0.2, 0) is 16.1 Å². The number of methoxy groups -OCH3 is 1. The van der Waals surface area contributed by atoms with Crippen LogP contribution in [0, 0.1) is 0 Å². The van der Waals surface area contributed by atoms with Crippen molar-refractivity contribution in [3.05, 3.63) is 28.8 Å². The SMILES string of the molecule is COc1ccc(Cl)cc1CNC(=O)C1COCCN1.Cl. The number of benzene rings is 1. The normalized spacial score (nSPS) is 18.0. The Balaban J connectivity index is 0.00000200. The number of hydrogen-bond acceptors (Lipinski definition) is 4. The van der Waals surface area contributed by atoms with Crippen molar-refractivity contribution in [2.24, 2.45) is 0 Å². The highest BCUT2D eigenvalue weighted by molar-refractivity contribution is 6.30. The summed E-state index contributed by atoms with van der Waals surface area (Å²) < 4.78 is 10.5. The molecular formula is C13H18Cl2N2O3. The first kappa shape index (κ1) is 17.0. The van der Waals surface area contributed by atoms with Crippen LogP contribution in [0.15, 0.2) is 18.2 Å². The second-order valence-corrected chi connectivity index (χ2v) is 4.69. The van der Waals surface area contributed by atoms with Crippen molar-refractivity contribution >= 4 is 29.9 Å². The van der Waals surface area contributed by atoms with Crippen LogP contribution in [-0.4, -0.2) is 38.8 Å². The number of hydrogen-bond donors (Lipinski definition) is 2. The Morgan fingerprint density at radius 1 is 1.60 bits per heavy atom. The maximum absolute atomic E-state index is 11.9. The molecule has 7 heteroatoms. The van der Waals surface area contributed by atoms with Crippen molar-refractivity contribution in [2.75, 3.05) is 26.9 Å². The van der Waals surface area contributed by atoms with Crippen molar-refractivity contribution in [1.29, 1.82) is 0 Å². The molecule has 0 radical (unpaired) electrons. The summed E-state index contributed by atoms with van der Waals surface area (Å²) in [5.74, 6) is 0.624. The summed E-state index contributed by atoms with van der Waals surface area (Å²) in [4.78, 5) is 11.9. The molecule has 20 heavy (non-hydrogen) atoms. The third kappa shape index (κ3) is 4.52. The van der Waals surface area contributed by atoms with Crippen molar-refractivity contribution in [3.63, 3.8) is 0 Å². The molecule has 1 heterocycles. The van der Waals surface area contributed by atoms with Crippen LogP contribution in [0.25, 0.3) is 0 Å². The minimum atomic E-state index is -0.293. The molecule has 0 saturated carbocycles. The van der Waals surface area contributed by atoms with Gasteiger partial charge in [-0.25, -0.2) is 0 Å². The number of carbonyl (C=O) groups is 1. The van der Waals surface area contributed by atoms with Crippen molar-refractivity contribution in [2.45, 2.75) is 12.6 Å². The van der Waals surface area contributed by atoms with Crippen molar-refractivity contribution in [3.8, 4) is 5.75 Å². The lowest BCUT2D eigenvalue weighted by Crippen LogP contribution is -2.51. The molecular weight excluding hydrogens is 303 g/mol. The Hall–Kier alpha value is -1.01. The van der Waals surface area contributed by atoms with Gasteiger partial charge in [-0.3, -0.25) is 4.79 Å². The standard InChI is InChI=1S/C13H17ClN2O3.ClH/c1-18-12-3-2-10(14)6-9(12)7-16-13(17)11-8-19-5-4-15-11;/h2-3,6,11,15H,4-5,7-8H2,1H3,(H,16,17);1H. The fraction of sp³-hybridized carbons (Fsp3) is 0.462. The summed E-state index contributed by atoms with van der Waals surface area (Å²) in [5, 5.41) is 6.57. The molecule has 0 aromatic heterocycles. The van der Waals surface area contributed by atoms with Gasteiger partial charge >= 0.3 is 0 Å². The summed E-state index contributed by atoms with van der Waals surface area (Å²) in [7, 11) is 1.59. The fourth-order valence-electron chi connectivity index (χ4n) is 1.92. The summed E-state index contributed by atoms with van der Waals surface area (Å²) in [6.45, 7) is 2.11. The van der Waals surface area contributed by atoms with E-state index in [1.807, 2.05) is 0 Å². The average molecular weight is 321 g/mol. The molecule has 1 amide bonds. The predicted octanol–water partition coefficient (Wildman–Crippen LogP) is 1.37. The van der Waals surface area contributed by atoms with E-state index in [-0.39, 0.29) is 24.4 Å². The summed E-state index contributed by atoms with van der Waals surface area (Å²) in [5.41, 5.74) is 0.847. The predicted molar refractivity (Wildman–Crippen MR) is 79.7 cm³/mol. The lowest BCUT2D eigenvalue weighted by Gasteiger charge is -2.23.